The van der Waals surface area contributed by atoms with Crippen molar-refractivity contribution >= 4 is 17.6 Å². The molecule has 0 atom stereocenters. The van der Waals surface area contributed by atoms with E-state index in [1.54, 1.807) is 6.33 Å². The standard InChI is InChI=1S/C15H17B.C6H10N2/c1-13(2)16(14-9-5-3-6-10-14)15-11-7-4-8-12-15;1-5(2)6-3-7-4-8-6/h3-13H,1-2H3;3-5H,1-2H3,(H,7,8). The second-order valence-corrected chi connectivity index (χ2v) is 6.70. The van der Waals surface area contributed by atoms with Crippen LogP contribution in [0.15, 0.2) is 73.2 Å². The molecule has 3 aromatic rings. The molecule has 0 aliphatic carbocycles. The summed E-state index contributed by atoms with van der Waals surface area (Å²) in [5, 5.41) is 0. The van der Waals surface area contributed by atoms with E-state index in [9.17, 15) is 0 Å². The second kappa shape index (κ2) is 9.12. The summed E-state index contributed by atoms with van der Waals surface area (Å²) in [6, 6.07) is 21.5. The predicted octanol–water partition coefficient (Wildman–Crippen LogP) is 4.24. The number of nitrogens with one attached hydrogen (secondary N) is 1. The molecule has 0 radical (unpaired) electrons. The van der Waals surface area contributed by atoms with E-state index in [4.69, 9.17) is 0 Å². The molecule has 3 rings (SSSR count). The van der Waals surface area contributed by atoms with E-state index in [-0.39, 0.29) is 0 Å². The molecule has 124 valence electrons. The quantitative estimate of drug-likeness (QED) is 0.716. The summed E-state index contributed by atoms with van der Waals surface area (Å²) >= 11 is 0. The first kappa shape index (κ1) is 18.1. The van der Waals surface area contributed by atoms with Crippen molar-refractivity contribution in [3.63, 3.8) is 0 Å². The minimum Gasteiger partial charge on any atom is -0.348 e. The van der Waals surface area contributed by atoms with E-state index < -0.39 is 0 Å². The van der Waals surface area contributed by atoms with Gasteiger partial charge in [0, 0.05) is 11.9 Å². The third-order valence-electron chi connectivity index (χ3n) is 4.13. The number of rotatable bonds is 4. The van der Waals surface area contributed by atoms with Gasteiger partial charge >= 0.3 is 0 Å². The third-order valence-corrected chi connectivity index (χ3v) is 4.13. The zero-order valence-corrected chi connectivity index (χ0v) is 15.1. The normalized spacial score (nSPS) is 10.4. The highest BCUT2D eigenvalue weighted by molar-refractivity contribution is 6.86. The van der Waals surface area contributed by atoms with Gasteiger partial charge in [0.05, 0.1) is 6.33 Å². The summed E-state index contributed by atoms with van der Waals surface area (Å²) in [6.45, 7) is 9.33. The van der Waals surface area contributed by atoms with Gasteiger partial charge in [-0.1, -0.05) is 105 Å². The summed E-state index contributed by atoms with van der Waals surface area (Å²) in [4.78, 5) is 6.91. The number of benzene rings is 2. The number of nitrogens with zero attached hydrogens (tertiary/aromatic N) is 1. The molecule has 1 aromatic heterocycles. The number of H-pyrrole nitrogens is 1. The number of hydrogen-bond donors (Lipinski definition) is 1. The molecule has 0 spiro atoms. The largest absolute Gasteiger partial charge is 0.348 e. The van der Waals surface area contributed by atoms with Crippen LogP contribution in [0.5, 0.6) is 0 Å². The van der Waals surface area contributed by atoms with Crippen LogP contribution in [0.3, 0.4) is 0 Å². The first-order chi connectivity index (χ1) is 11.6. The zero-order valence-electron chi connectivity index (χ0n) is 15.1. The van der Waals surface area contributed by atoms with Gasteiger partial charge in [-0.05, 0) is 5.92 Å². The highest BCUT2D eigenvalue weighted by atomic mass is 14.9. The average Bonchev–Trinajstić information content (AvgIpc) is 3.12. The second-order valence-electron chi connectivity index (χ2n) is 6.70. The van der Waals surface area contributed by atoms with Crippen LogP contribution in [0.1, 0.15) is 39.3 Å². The Morgan fingerprint density at radius 2 is 1.29 bits per heavy atom. The Labute approximate surface area is 146 Å². The molecular formula is C21H27BN2. The Bertz CT molecular complexity index is 637. The van der Waals surface area contributed by atoms with E-state index in [2.05, 4.69) is 98.3 Å². The van der Waals surface area contributed by atoms with Gasteiger partial charge in [0.1, 0.15) is 0 Å². The molecule has 0 aliphatic heterocycles. The van der Waals surface area contributed by atoms with E-state index in [0.29, 0.717) is 18.4 Å². The molecule has 24 heavy (non-hydrogen) atoms. The topological polar surface area (TPSA) is 28.7 Å². The average molecular weight is 318 g/mol. The van der Waals surface area contributed by atoms with E-state index in [1.807, 2.05) is 6.20 Å². The maximum Gasteiger partial charge on any atom is 0.211 e. The van der Waals surface area contributed by atoms with Crippen LogP contribution < -0.4 is 10.9 Å². The SMILES string of the molecule is CC(C)B(c1ccccc1)c1ccccc1.CC(C)c1cnc[nH]1. The minimum atomic E-state index is 0.502. The Kier molecular flexibility index (Phi) is 6.86. The fraction of sp³-hybridized carbons (Fsp3) is 0.286. The number of hydrogen-bond acceptors (Lipinski definition) is 1. The Morgan fingerprint density at radius 1 is 0.792 bits per heavy atom. The number of aromatic amines is 1. The van der Waals surface area contributed by atoms with E-state index in [1.165, 1.54) is 16.6 Å². The van der Waals surface area contributed by atoms with Crippen molar-refractivity contribution in [3.05, 3.63) is 78.9 Å². The van der Waals surface area contributed by atoms with Gasteiger partial charge in [0.2, 0.25) is 6.71 Å². The van der Waals surface area contributed by atoms with Crippen molar-refractivity contribution in [1.29, 1.82) is 0 Å². The fourth-order valence-corrected chi connectivity index (χ4v) is 2.87. The maximum absolute atomic E-state index is 3.89. The van der Waals surface area contributed by atoms with Crippen LogP contribution in [-0.4, -0.2) is 16.7 Å². The molecule has 2 nitrogen and oxygen atoms in total. The molecule has 0 saturated carbocycles. The first-order valence-corrected chi connectivity index (χ1v) is 8.67. The highest BCUT2D eigenvalue weighted by Gasteiger charge is 2.21. The van der Waals surface area contributed by atoms with E-state index in [0.717, 1.165) is 0 Å². The number of aromatic nitrogens is 2. The van der Waals surface area contributed by atoms with Crippen molar-refractivity contribution in [1.82, 2.24) is 9.97 Å². The number of imidazole rings is 1. The van der Waals surface area contributed by atoms with Gasteiger partial charge in [0.25, 0.3) is 0 Å². The Hall–Kier alpha value is -2.29. The molecule has 0 unspecified atom stereocenters. The Morgan fingerprint density at radius 3 is 1.58 bits per heavy atom. The van der Waals surface area contributed by atoms with Crippen LogP contribution in [0, 0.1) is 0 Å². The smallest absolute Gasteiger partial charge is 0.211 e. The highest BCUT2D eigenvalue weighted by Crippen LogP contribution is 2.08. The van der Waals surface area contributed by atoms with Gasteiger partial charge in [-0.2, -0.15) is 0 Å². The first-order valence-electron chi connectivity index (χ1n) is 8.67. The van der Waals surface area contributed by atoms with Crippen LogP contribution in [0.25, 0.3) is 0 Å². The lowest BCUT2D eigenvalue weighted by Gasteiger charge is -2.18. The molecule has 0 amide bonds. The predicted molar refractivity (Wildman–Crippen MR) is 106 cm³/mol. The summed E-state index contributed by atoms with van der Waals surface area (Å²) in [5.74, 6) is 1.18. The summed E-state index contributed by atoms with van der Waals surface area (Å²) < 4.78 is 0. The lowest BCUT2D eigenvalue weighted by molar-refractivity contribution is 0.832. The molecule has 0 saturated heterocycles. The van der Waals surface area contributed by atoms with Gasteiger partial charge in [-0.25, -0.2) is 4.98 Å². The third kappa shape index (κ3) is 5.12. The van der Waals surface area contributed by atoms with Gasteiger partial charge < -0.3 is 4.98 Å². The molecule has 0 fully saturated rings. The molecule has 1 N–H and O–H groups in total. The molecular weight excluding hydrogens is 291 g/mol. The van der Waals surface area contributed by atoms with Crippen molar-refractivity contribution in [2.45, 2.75) is 39.4 Å². The molecule has 2 aromatic carbocycles. The van der Waals surface area contributed by atoms with Crippen molar-refractivity contribution < 1.29 is 0 Å². The monoisotopic (exact) mass is 318 g/mol. The summed E-state index contributed by atoms with van der Waals surface area (Å²) in [6.07, 6.45) is 3.56. The lowest BCUT2D eigenvalue weighted by Crippen LogP contribution is -2.44. The molecule has 3 heteroatoms. The van der Waals surface area contributed by atoms with Gasteiger partial charge in [-0.3, -0.25) is 0 Å². The van der Waals surface area contributed by atoms with Crippen LogP contribution in [0.2, 0.25) is 5.82 Å². The van der Waals surface area contributed by atoms with Crippen LogP contribution in [0.4, 0.5) is 0 Å². The molecule has 0 bridgehead atoms. The van der Waals surface area contributed by atoms with Crippen molar-refractivity contribution in [2.24, 2.45) is 0 Å². The molecule has 0 aliphatic rings. The van der Waals surface area contributed by atoms with Crippen LogP contribution >= 0.6 is 0 Å². The Balaban J connectivity index is 0.000000219. The lowest BCUT2D eigenvalue weighted by atomic mass is 9.34. The van der Waals surface area contributed by atoms with Gasteiger partial charge in [0.15, 0.2) is 0 Å². The van der Waals surface area contributed by atoms with E-state index >= 15 is 0 Å². The van der Waals surface area contributed by atoms with Gasteiger partial charge in [-0.15, -0.1) is 0 Å². The van der Waals surface area contributed by atoms with Crippen LogP contribution in [-0.2, 0) is 0 Å². The van der Waals surface area contributed by atoms with Crippen molar-refractivity contribution in [2.75, 3.05) is 0 Å². The van der Waals surface area contributed by atoms with Crippen molar-refractivity contribution in [3.8, 4) is 0 Å². The zero-order chi connectivity index (χ0) is 17.4. The summed E-state index contributed by atoms with van der Waals surface area (Å²) in [7, 11) is 0. The minimum absolute atomic E-state index is 0.502. The summed E-state index contributed by atoms with van der Waals surface area (Å²) in [5.41, 5.74) is 4.01. The fourth-order valence-electron chi connectivity index (χ4n) is 2.87. The maximum atomic E-state index is 3.89. The molecule has 1 heterocycles.